The number of benzene rings is 2. The average molecular weight is 561 g/mol. The number of aromatic nitrogens is 2. The van der Waals surface area contributed by atoms with E-state index in [2.05, 4.69) is 55.7 Å². The molecular formula is C23H19N3O14. The van der Waals surface area contributed by atoms with E-state index < -0.39 is 11.8 Å². The van der Waals surface area contributed by atoms with E-state index in [-0.39, 0.29) is 17.9 Å². The molecule has 1 aliphatic heterocycles. The summed E-state index contributed by atoms with van der Waals surface area (Å²) in [6.45, 7) is 0.514. The highest BCUT2D eigenvalue weighted by molar-refractivity contribution is 6.47. The molecule has 0 spiro atoms. The molecule has 0 saturated carbocycles. The van der Waals surface area contributed by atoms with Crippen molar-refractivity contribution in [1.29, 1.82) is 0 Å². The van der Waals surface area contributed by atoms with E-state index in [1.54, 1.807) is 10.8 Å². The summed E-state index contributed by atoms with van der Waals surface area (Å²) in [5.41, 5.74) is 2.81. The van der Waals surface area contributed by atoms with Gasteiger partial charge < -0.3 is 9.13 Å². The molecule has 40 heavy (non-hydrogen) atoms. The van der Waals surface area contributed by atoms with E-state index in [9.17, 15) is 9.59 Å². The number of fused-ring (bicyclic) bond motifs is 2. The summed E-state index contributed by atoms with van der Waals surface area (Å²) in [6, 6.07) is 17.0. The Labute approximate surface area is 222 Å². The summed E-state index contributed by atoms with van der Waals surface area (Å²) in [5.74, 6) is -0.948. The van der Waals surface area contributed by atoms with Crippen molar-refractivity contribution >= 4 is 44.9 Å². The van der Waals surface area contributed by atoms with Crippen LogP contribution in [0.4, 0.5) is 0 Å². The van der Waals surface area contributed by atoms with Gasteiger partial charge in [0.2, 0.25) is 0 Å². The third-order valence-corrected chi connectivity index (χ3v) is 5.73. The van der Waals surface area contributed by atoms with Crippen molar-refractivity contribution in [3.63, 3.8) is 0 Å². The van der Waals surface area contributed by atoms with Crippen molar-refractivity contribution < 1.29 is 70.1 Å². The Hall–Kier alpha value is -4.08. The number of para-hydroxylation sites is 2. The van der Waals surface area contributed by atoms with E-state index in [0.717, 1.165) is 21.8 Å². The van der Waals surface area contributed by atoms with Crippen LogP contribution in [0.25, 0.3) is 33.1 Å². The SMILES string of the molecule is O=C1NC(=O)C(n2ccc3ccccc32)=C1c1cn(CCCOOOOOOOOOOOO)c2ccccc12. The fourth-order valence-electron chi connectivity index (χ4n) is 4.27. The van der Waals surface area contributed by atoms with Crippen LogP contribution in [0.5, 0.6) is 0 Å². The molecule has 0 radical (unpaired) electrons. The third-order valence-electron chi connectivity index (χ3n) is 5.73. The minimum Gasteiger partial charge on any atom is -0.347 e. The molecule has 0 atom stereocenters. The summed E-state index contributed by atoms with van der Waals surface area (Å²) in [6.07, 6.45) is 4.04. The highest BCUT2D eigenvalue weighted by Gasteiger charge is 2.34. The zero-order valence-electron chi connectivity index (χ0n) is 20.1. The lowest BCUT2D eigenvalue weighted by Crippen LogP contribution is -2.23. The van der Waals surface area contributed by atoms with Gasteiger partial charge in [-0.25, -0.2) is 10.1 Å². The maximum Gasteiger partial charge on any atom is 0.275 e. The van der Waals surface area contributed by atoms with Crippen molar-refractivity contribution in [1.82, 2.24) is 14.5 Å². The summed E-state index contributed by atoms with van der Waals surface area (Å²) in [5, 5.41) is 48.7. The van der Waals surface area contributed by atoms with Crippen LogP contribution in [0.3, 0.4) is 0 Å². The Balaban J connectivity index is 1.23. The smallest absolute Gasteiger partial charge is 0.275 e. The predicted molar refractivity (Wildman–Crippen MR) is 124 cm³/mol. The highest BCUT2D eigenvalue weighted by atomic mass is 18.0. The molecule has 17 heteroatoms. The fraction of sp³-hybridized carbons (Fsp3) is 0.130. The molecule has 0 aliphatic carbocycles. The van der Waals surface area contributed by atoms with Gasteiger partial charge in [0.15, 0.2) is 0 Å². The van der Waals surface area contributed by atoms with Gasteiger partial charge in [0.25, 0.3) is 11.8 Å². The molecule has 3 heterocycles. The summed E-state index contributed by atoms with van der Waals surface area (Å²) in [4.78, 5) is 30.8. The van der Waals surface area contributed by atoms with Gasteiger partial charge in [-0.15, -0.1) is 0 Å². The second kappa shape index (κ2) is 13.3. The normalized spacial score (nSPS) is 13.7. The molecule has 17 nitrogen and oxygen atoms in total. The minimum atomic E-state index is -0.474. The number of hydrogen-bond donors (Lipinski definition) is 2. The molecule has 0 fully saturated rings. The van der Waals surface area contributed by atoms with Gasteiger partial charge in [0, 0.05) is 35.4 Å². The van der Waals surface area contributed by atoms with E-state index in [1.807, 2.05) is 65.4 Å². The fourth-order valence-corrected chi connectivity index (χ4v) is 4.27. The average Bonchev–Trinajstić information content (AvgIpc) is 3.63. The van der Waals surface area contributed by atoms with Crippen molar-refractivity contribution in [2.75, 3.05) is 6.61 Å². The number of nitrogens with zero attached hydrogens (tertiary/aromatic N) is 2. The van der Waals surface area contributed by atoms with Gasteiger partial charge in [0.1, 0.15) is 5.70 Å². The van der Waals surface area contributed by atoms with Crippen LogP contribution in [-0.2, 0) is 71.4 Å². The zero-order valence-corrected chi connectivity index (χ0v) is 20.1. The molecule has 5 rings (SSSR count). The van der Waals surface area contributed by atoms with Crippen molar-refractivity contribution in [2.45, 2.75) is 13.0 Å². The van der Waals surface area contributed by atoms with Crippen LogP contribution in [0.2, 0.25) is 0 Å². The second-order valence-electron chi connectivity index (χ2n) is 7.87. The Kier molecular flexibility index (Phi) is 9.15. The molecule has 2 aromatic heterocycles. The molecule has 2 N–H and O–H groups in total. The molecule has 210 valence electrons. The first kappa shape index (κ1) is 27.5. The largest absolute Gasteiger partial charge is 0.347 e. The van der Waals surface area contributed by atoms with Crippen LogP contribution in [0.1, 0.15) is 12.0 Å². The first-order valence-corrected chi connectivity index (χ1v) is 11.4. The zero-order chi connectivity index (χ0) is 27.7. The van der Waals surface area contributed by atoms with E-state index in [4.69, 9.17) is 10.1 Å². The van der Waals surface area contributed by atoms with Gasteiger partial charge in [0.05, 0.1) is 17.7 Å². The lowest BCUT2D eigenvalue weighted by Gasteiger charge is -2.07. The van der Waals surface area contributed by atoms with Gasteiger partial charge in [-0.3, -0.25) is 14.9 Å². The number of imide groups is 1. The summed E-state index contributed by atoms with van der Waals surface area (Å²) in [7, 11) is 0. The van der Waals surface area contributed by atoms with E-state index in [1.165, 1.54) is 0 Å². The Bertz CT molecular complexity index is 1510. The van der Waals surface area contributed by atoms with E-state index in [0.29, 0.717) is 18.5 Å². The van der Waals surface area contributed by atoms with Crippen LogP contribution in [0, 0.1) is 0 Å². The van der Waals surface area contributed by atoms with Crippen molar-refractivity contribution in [3.05, 3.63) is 72.6 Å². The van der Waals surface area contributed by atoms with Gasteiger partial charge in [-0.1, -0.05) is 36.4 Å². The minimum absolute atomic E-state index is 0.0558. The molecule has 0 saturated heterocycles. The number of amides is 2. The molecule has 0 bridgehead atoms. The van der Waals surface area contributed by atoms with Crippen LogP contribution in [-0.4, -0.2) is 32.8 Å². The van der Waals surface area contributed by atoms with Crippen molar-refractivity contribution in [2.24, 2.45) is 0 Å². The predicted octanol–water partition coefficient (Wildman–Crippen LogP) is 2.82. The van der Waals surface area contributed by atoms with Crippen LogP contribution >= 0.6 is 0 Å². The Morgan fingerprint density at radius 1 is 0.750 bits per heavy atom. The van der Waals surface area contributed by atoms with Gasteiger partial charge >= 0.3 is 0 Å². The van der Waals surface area contributed by atoms with Crippen LogP contribution < -0.4 is 5.32 Å². The van der Waals surface area contributed by atoms with Gasteiger partial charge in [-0.05, 0) is 80.4 Å². The first-order chi connectivity index (χ1) is 19.7. The number of nitrogens with one attached hydrogen (secondary N) is 1. The highest BCUT2D eigenvalue weighted by Crippen LogP contribution is 2.35. The standard InChI is InChI=1S/C23H19N3O14/c27-22-20(21(23(28)24-22)26-12-10-15-6-1-3-8-18(15)26)17-14-25(19-9-4-2-7-16(17)19)11-5-13-30-32-34-36-38-40-39-37-35-33-31-29/h1-4,6-10,12,14,29H,5,11,13H2,(H,24,27,28). The number of rotatable bonds is 16. The first-order valence-electron chi connectivity index (χ1n) is 11.4. The maximum absolute atomic E-state index is 13.0. The number of carbonyl (C=O) groups is 2. The molecule has 1 aliphatic rings. The summed E-state index contributed by atoms with van der Waals surface area (Å²) < 4.78 is 3.66. The van der Waals surface area contributed by atoms with Crippen molar-refractivity contribution in [3.8, 4) is 0 Å². The topological polar surface area (TPSA) is 178 Å². The molecular weight excluding hydrogens is 542 g/mol. The maximum atomic E-state index is 13.0. The van der Waals surface area contributed by atoms with E-state index >= 15 is 0 Å². The number of hydrogen-bond acceptors (Lipinski definition) is 14. The number of carbonyl (C=O) groups excluding carboxylic acids is 2. The number of aryl methyl sites for hydroxylation is 1. The monoisotopic (exact) mass is 561 g/mol. The van der Waals surface area contributed by atoms with Crippen LogP contribution in [0.15, 0.2) is 67.0 Å². The third kappa shape index (κ3) is 6.05. The Morgan fingerprint density at radius 2 is 1.43 bits per heavy atom. The molecule has 2 amide bonds. The Morgan fingerprint density at radius 3 is 2.20 bits per heavy atom. The summed E-state index contributed by atoms with van der Waals surface area (Å²) >= 11 is 0. The quantitative estimate of drug-likeness (QED) is 0.0883. The lowest BCUT2D eigenvalue weighted by molar-refractivity contribution is -0.862. The molecule has 2 aromatic carbocycles. The lowest BCUT2D eigenvalue weighted by atomic mass is 10.0. The molecule has 4 aromatic rings. The second-order valence-corrected chi connectivity index (χ2v) is 7.87. The van der Waals surface area contributed by atoms with Gasteiger partial charge in [-0.2, -0.15) is 0 Å². The molecule has 0 unspecified atom stereocenters.